The van der Waals surface area contributed by atoms with Crippen LogP contribution in [-0.2, 0) is 14.8 Å². The fourth-order valence-corrected chi connectivity index (χ4v) is 1.55. The van der Waals surface area contributed by atoms with E-state index in [1.807, 2.05) is 4.72 Å². The minimum Gasteiger partial charge on any atom is -0.274 e. The number of allylic oxidation sites excluding steroid dienone is 1. The van der Waals surface area contributed by atoms with Crippen molar-refractivity contribution in [2.75, 3.05) is 6.26 Å². The third-order valence-electron chi connectivity index (χ3n) is 1.77. The summed E-state index contributed by atoms with van der Waals surface area (Å²) in [6.45, 7) is 3.52. The van der Waals surface area contributed by atoms with Crippen molar-refractivity contribution in [1.29, 1.82) is 0 Å². The molecule has 1 amide bonds. The van der Waals surface area contributed by atoms with E-state index in [1.165, 1.54) is 0 Å². The molecule has 1 rings (SSSR count). The van der Waals surface area contributed by atoms with Gasteiger partial charge in [0.05, 0.1) is 6.26 Å². The summed E-state index contributed by atoms with van der Waals surface area (Å²) in [6, 6.07) is 0. The number of hydrogen-bond acceptors (Lipinski definition) is 3. The molecule has 5 heteroatoms. The van der Waals surface area contributed by atoms with E-state index in [0.717, 1.165) is 6.26 Å². The quantitative estimate of drug-likeness (QED) is 0.630. The zero-order valence-electron chi connectivity index (χ0n) is 6.78. The molecule has 0 aromatic rings. The zero-order valence-corrected chi connectivity index (χ0v) is 7.60. The molecule has 0 saturated heterocycles. The Balaban J connectivity index is 2.47. The minimum atomic E-state index is -3.39. The topological polar surface area (TPSA) is 63.2 Å². The van der Waals surface area contributed by atoms with Gasteiger partial charge in [0.2, 0.25) is 15.9 Å². The number of carbonyl (C=O) groups is 1. The van der Waals surface area contributed by atoms with Crippen LogP contribution in [0, 0.1) is 11.8 Å². The highest BCUT2D eigenvalue weighted by Gasteiger charge is 2.41. The van der Waals surface area contributed by atoms with Crippen molar-refractivity contribution in [3.8, 4) is 0 Å². The molecule has 2 atom stereocenters. The van der Waals surface area contributed by atoms with E-state index in [-0.39, 0.29) is 11.8 Å². The second-order valence-electron chi connectivity index (χ2n) is 2.98. The van der Waals surface area contributed by atoms with Gasteiger partial charge in [-0.25, -0.2) is 8.42 Å². The molecule has 4 nitrogen and oxygen atoms in total. The molecule has 1 N–H and O–H groups in total. The molecule has 0 aromatic heterocycles. The molecule has 1 saturated carbocycles. The molecule has 12 heavy (non-hydrogen) atoms. The fraction of sp³-hybridized carbons (Fsp3) is 0.571. The molecule has 2 unspecified atom stereocenters. The van der Waals surface area contributed by atoms with Gasteiger partial charge in [-0.2, -0.15) is 0 Å². The van der Waals surface area contributed by atoms with Gasteiger partial charge < -0.3 is 0 Å². The lowest BCUT2D eigenvalue weighted by Crippen LogP contribution is -2.30. The second kappa shape index (κ2) is 2.90. The van der Waals surface area contributed by atoms with Crippen molar-refractivity contribution in [2.45, 2.75) is 6.42 Å². The number of nitrogens with one attached hydrogen (secondary N) is 1. The van der Waals surface area contributed by atoms with Crippen molar-refractivity contribution in [2.24, 2.45) is 11.8 Å². The highest BCUT2D eigenvalue weighted by atomic mass is 32.2. The van der Waals surface area contributed by atoms with Crippen molar-refractivity contribution in [1.82, 2.24) is 4.72 Å². The zero-order chi connectivity index (χ0) is 9.35. The fourth-order valence-electron chi connectivity index (χ4n) is 1.04. The maximum absolute atomic E-state index is 11.1. The summed E-state index contributed by atoms with van der Waals surface area (Å²) in [6.07, 6.45) is 3.35. The monoisotopic (exact) mass is 189 g/mol. The summed E-state index contributed by atoms with van der Waals surface area (Å²) in [5.41, 5.74) is 0. The third kappa shape index (κ3) is 2.34. The van der Waals surface area contributed by atoms with Gasteiger partial charge in [0, 0.05) is 5.92 Å². The number of hydrogen-bond donors (Lipinski definition) is 1. The Labute approximate surface area is 71.7 Å². The first-order chi connectivity index (χ1) is 5.44. The molecular weight excluding hydrogens is 178 g/mol. The molecule has 0 spiro atoms. The predicted octanol–water partition coefficient (Wildman–Crippen LogP) is -0.116. The summed E-state index contributed by atoms with van der Waals surface area (Å²) < 4.78 is 23.2. The van der Waals surface area contributed by atoms with Gasteiger partial charge in [-0.1, -0.05) is 6.08 Å². The maximum atomic E-state index is 11.1. The van der Waals surface area contributed by atoms with Crippen LogP contribution in [0.5, 0.6) is 0 Å². The average Bonchev–Trinajstić information content (AvgIpc) is 2.60. The van der Waals surface area contributed by atoms with Crippen LogP contribution in [0.2, 0.25) is 0 Å². The Kier molecular flexibility index (Phi) is 2.23. The third-order valence-corrected chi connectivity index (χ3v) is 2.34. The lowest BCUT2D eigenvalue weighted by molar-refractivity contribution is -0.120. The normalized spacial score (nSPS) is 27.8. The van der Waals surface area contributed by atoms with Crippen LogP contribution in [-0.4, -0.2) is 20.6 Å². The van der Waals surface area contributed by atoms with E-state index >= 15 is 0 Å². The standard InChI is InChI=1S/C7H11NO3S/c1-3-5-4-6(5)7(9)8-12(2,10)11/h3,5-6H,1,4H2,2H3,(H,8,9). The summed E-state index contributed by atoms with van der Waals surface area (Å²) in [5, 5.41) is 0. The van der Waals surface area contributed by atoms with Gasteiger partial charge in [-0.15, -0.1) is 6.58 Å². The predicted molar refractivity (Wildman–Crippen MR) is 44.8 cm³/mol. The lowest BCUT2D eigenvalue weighted by Gasteiger charge is -1.99. The Morgan fingerprint density at radius 1 is 1.67 bits per heavy atom. The highest BCUT2D eigenvalue weighted by molar-refractivity contribution is 7.89. The van der Waals surface area contributed by atoms with Gasteiger partial charge in [0.1, 0.15) is 0 Å². The summed E-state index contributed by atoms with van der Waals surface area (Å²) in [4.78, 5) is 11.1. The number of carbonyl (C=O) groups excluding carboxylic acids is 1. The first kappa shape index (κ1) is 9.25. The lowest BCUT2D eigenvalue weighted by atomic mass is 10.3. The molecule has 1 aliphatic carbocycles. The molecule has 1 fully saturated rings. The largest absolute Gasteiger partial charge is 0.274 e. The first-order valence-electron chi connectivity index (χ1n) is 3.58. The Morgan fingerprint density at radius 3 is 2.58 bits per heavy atom. The van der Waals surface area contributed by atoms with E-state index in [1.54, 1.807) is 6.08 Å². The number of sulfonamides is 1. The SMILES string of the molecule is C=CC1CC1C(=O)NS(C)(=O)=O. The van der Waals surface area contributed by atoms with Crippen LogP contribution >= 0.6 is 0 Å². The van der Waals surface area contributed by atoms with Gasteiger partial charge >= 0.3 is 0 Å². The van der Waals surface area contributed by atoms with Gasteiger partial charge in [0.25, 0.3) is 0 Å². The van der Waals surface area contributed by atoms with Gasteiger partial charge in [0.15, 0.2) is 0 Å². The Morgan fingerprint density at radius 2 is 2.25 bits per heavy atom. The Hall–Kier alpha value is -0.840. The molecule has 0 radical (unpaired) electrons. The molecule has 0 bridgehead atoms. The van der Waals surface area contributed by atoms with E-state index < -0.39 is 15.9 Å². The Bertz CT molecular complexity index is 307. The highest BCUT2D eigenvalue weighted by Crippen LogP contribution is 2.39. The molecular formula is C7H11NO3S. The summed E-state index contributed by atoms with van der Waals surface area (Å²) in [7, 11) is -3.39. The van der Waals surface area contributed by atoms with E-state index in [9.17, 15) is 13.2 Å². The van der Waals surface area contributed by atoms with Crippen LogP contribution in [0.25, 0.3) is 0 Å². The summed E-state index contributed by atoms with van der Waals surface area (Å²) >= 11 is 0. The van der Waals surface area contributed by atoms with Crippen molar-refractivity contribution in [3.05, 3.63) is 12.7 Å². The van der Waals surface area contributed by atoms with Gasteiger partial charge in [-0.3, -0.25) is 9.52 Å². The molecule has 1 aliphatic rings. The molecule has 68 valence electrons. The van der Waals surface area contributed by atoms with Crippen molar-refractivity contribution >= 4 is 15.9 Å². The molecule has 0 aromatic carbocycles. The summed E-state index contributed by atoms with van der Waals surface area (Å²) in [5.74, 6) is -0.439. The van der Waals surface area contributed by atoms with E-state index in [2.05, 4.69) is 6.58 Å². The maximum Gasteiger partial charge on any atom is 0.237 e. The van der Waals surface area contributed by atoms with Crippen molar-refractivity contribution < 1.29 is 13.2 Å². The minimum absolute atomic E-state index is 0.159. The van der Waals surface area contributed by atoms with Crippen LogP contribution in [0.1, 0.15) is 6.42 Å². The van der Waals surface area contributed by atoms with Crippen LogP contribution in [0.15, 0.2) is 12.7 Å². The van der Waals surface area contributed by atoms with Crippen LogP contribution in [0.4, 0.5) is 0 Å². The van der Waals surface area contributed by atoms with E-state index in [0.29, 0.717) is 6.42 Å². The van der Waals surface area contributed by atoms with Crippen LogP contribution < -0.4 is 4.72 Å². The number of amides is 1. The smallest absolute Gasteiger partial charge is 0.237 e. The molecule has 0 aliphatic heterocycles. The van der Waals surface area contributed by atoms with E-state index in [4.69, 9.17) is 0 Å². The van der Waals surface area contributed by atoms with Gasteiger partial charge in [-0.05, 0) is 12.3 Å². The molecule has 0 heterocycles. The number of rotatable bonds is 3. The van der Waals surface area contributed by atoms with Crippen LogP contribution in [0.3, 0.4) is 0 Å². The average molecular weight is 189 g/mol. The van der Waals surface area contributed by atoms with Crippen molar-refractivity contribution in [3.63, 3.8) is 0 Å². The first-order valence-corrected chi connectivity index (χ1v) is 5.47. The second-order valence-corrected chi connectivity index (χ2v) is 4.73.